The fraction of sp³-hybridized carbons (Fsp3) is 0.650. The highest BCUT2D eigenvalue weighted by atomic mass is 16.6. The molecule has 0 aliphatic heterocycles. The summed E-state index contributed by atoms with van der Waals surface area (Å²) >= 11 is 0. The molecule has 1 N–H and O–H groups in total. The summed E-state index contributed by atoms with van der Waals surface area (Å²) in [4.78, 5) is 34.3. The number of rotatable bonds is 12. The molecule has 0 saturated heterocycles. The molecule has 140 valence electrons. The van der Waals surface area contributed by atoms with Crippen LogP contribution in [0.3, 0.4) is 0 Å². The SMILES string of the molecule is CC/C=C\C[C@H]1C(=O)C=C[C@]1(CCCCCCCC(=O)O)OC(C)=O. The van der Waals surface area contributed by atoms with Crippen LogP contribution in [0, 0.1) is 5.92 Å². The molecule has 0 aromatic heterocycles. The Hall–Kier alpha value is -1.91. The van der Waals surface area contributed by atoms with Crippen LogP contribution in [0.5, 0.6) is 0 Å². The first-order chi connectivity index (χ1) is 11.9. The molecule has 0 spiro atoms. The number of ether oxygens (including phenoxy) is 1. The predicted octanol–water partition coefficient (Wildman–Crippen LogP) is 4.22. The van der Waals surface area contributed by atoms with Gasteiger partial charge in [-0.15, -0.1) is 0 Å². The molecule has 5 heteroatoms. The number of unbranched alkanes of at least 4 members (excludes halogenated alkanes) is 4. The van der Waals surface area contributed by atoms with Gasteiger partial charge in [-0.1, -0.05) is 38.3 Å². The van der Waals surface area contributed by atoms with Crippen molar-refractivity contribution in [3.8, 4) is 0 Å². The summed E-state index contributed by atoms with van der Waals surface area (Å²) in [5.74, 6) is -1.45. The molecule has 0 fully saturated rings. The third-order valence-corrected chi connectivity index (χ3v) is 4.53. The zero-order chi connectivity index (χ0) is 18.7. The number of carboxylic acids is 1. The van der Waals surface area contributed by atoms with Crippen LogP contribution in [0.2, 0.25) is 0 Å². The molecule has 25 heavy (non-hydrogen) atoms. The second kappa shape index (κ2) is 10.9. The van der Waals surface area contributed by atoms with Gasteiger partial charge in [0.1, 0.15) is 5.60 Å². The Kier molecular flexibility index (Phi) is 9.17. The maximum absolute atomic E-state index is 12.2. The fourth-order valence-corrected chi connectivity index (χ4v) is 3.30. The minimum absolute atomic E-state index is 0.0171. The van der Waals surface area contributed by atoms with Crippen LogP contribution < -0.4 is 0 Å². The molecule has 2 atom stereocenters. The highest BCUT2D eigenvalue weighted by molar-refractivity contribution is 5.96. The number of ketones is 1. The second-order valence-electron chi connectivity index (χ2n) is 6.61. The minimum Gasteiger partial charge on any atom is -0.481 e. The Morgan fingerprint density at radius 3 is 2.52 bits per heavy atom. The van der Waals surface area contributed by atoms with Gasteiger partial charge in [-0.25, -0.2) is 0 Å². The van der Waals surface area contributed by atoms with E-state index in [0.717, 1.165) is 32.1 Å². The van der Waals surface area contributed by atoms with E-state index in [1.165, 1.54) is 6.92 Å². The van der Waals surface area contributed by atoms with E-state index in [2.05, 4.69) is 0 Å². The number of carboxylic acid groups (broad SMARTS) is 1. The van der Waals surface area contributed by atoms with Crippen molar-refractivity contribution >= 4 is 17.7 Å². The van der Waals surface area contributed by atoms with Crippen LogP contribution in [0.15, 0.2) is 24.3 Å². The zero-order valence-electron chi connectivity index (χ0n) is 15.3. The molecule has 5 nitrogen and oxygen atoms in total. The molecule has 0 aromatic rings. The number of carbonyl (C=O) groups is 3. The number of hydrogen-bond acceptors (Lipinski definition) is 4. The average molecular weight is 350 g/mol. The van der Waals surface area contributed by atoms with Crippen molar-refractivity contribution in [3.63, 3.8) is 0 Å². The van der Waals surface area contributed by atoms with E-state index in [9.17, 15) is 14.4 Å². The maximum atomic E-state index is 12.2. The van der Waals surface area contributed by atoms with Crippen molar-refractivity contribution in [2.75, 3.05) is 0 Å². The number of aliphatic carboxylic acids is 1. The van der Waals surface area contributed by atoms with Crippen molar-refractivity contribution in [1.29, 1.82) is 0 Å². The number of hydrogen-bond donors (Lipinski definition) is 1. The normalized spacial score (nSPS) is 22.6. The Balaban J connectivity index is 2.57. The van der Waals surface area contributed by atoms with Gasteiger partial charge in [0.25, 0.3) is 0 Å². The van der Waals surface area contributed by atoms with Gasteiger partial charge in [-0.3, -0.25) is 14.4 Å². The molecule has 1 aliphatic carbocycles. The van der Waals surface area contributed by atoms with Crippen LogP contribution in [0.4, 0.5) is 0 Å². The van der Waals surface area contributed by atoms with Crippen molar-refractivity contribution in [3.05, 3.63) is 24.3 Å². The van der Waals surface area contributed by atoms with Crippen molar-refractivity contribution < 1.29 is 24.2 Å². The quantitative estimate of drug-likeness (QED) is 0.324. The average Bonchev–Trinajstić information content (AvgIpc) is 2.83. The van der Waals surface area contributed by atoms with E-state index in [1.807, 2.05) is 19.1 Å². The highest BCUT2D eigenvalue weighted by Gasteiger charge is 2.45. The van der Waals surface area contributed by atoms with Gasteiger partial charge in [0.15, 0.2) is 5.78 Å². The van der Waals surface area contributed by atoms with E-state index in [4.69, 9.17) is 9.84 Å². The smallest absolute Gasteiger partial charge is 0.303 e. The largest absolute Gasteiger partial charge is 0.481 e. The topological polar surface area (TPSA) is 80.7 Å². The van der Waals surface area contributed by atoms with Crippen LogP contribution in [-0.2, 0) is 19.1 Å². The van der Waals surface area contributed by atoms with Gasteiger partial charge in [0.2, 0.25) is 0 Å². The summed E-state index contributed by atoms with van der Waals surface area (Å²) in [5.41, 5.74) is -0.831. The fourth-order valence-electron chi connectivity index (χ4n) is 3.30. The number of carbonyl (C=O) groups excluding carboxylic acids is 2. The molecule has 0 heterocycles. The lowest BCUT2D eigenvalue weighted by atomic mass is 9.82. The van der Waals surface area contributed by atoms with Crippen LogP contribution in [-0.4, -0.2) is 28.4 Å². The monoisotopic (exact) mass is 350 g/mol. The lowest BCUT2D eigenvalue weighted by Crippen LogP contribution is -2.40. The van der Waals surface area contributed by atoms with Gasteiger partial charge in [0, 0.05) is 13.3 Å². The molecule has 1 aliphatic rings. The molecular formula is C20H30O5. The van der Waals surface area contributed by atoms with Crippen LogP contribution >= 0.6 is 0 Å². The van der Waals surface area contributed by atoms with Crippen LogP contribution in [0.1, 0.15) is 71.6 Å². The van der Waals surface area contributed by atoms with Gasteiger partial charge >= 0.3 is 11.9 Å². The summed E-state index contributed by atoms with van der Waals surface area (Å²) in [7, 11) is 0. The van der Waals surface area contributed by atoms with Gasteiger partial charge in [0.05, 0.1) is 5.92 Å². The Bertz CT molecular complexity index is 520. The van der Waals surface area contributed by atoms with Crippen molar-refractivity contribution in [1.82, 2.24) is 0 Å². The standard InChI is InChI=1S/C20H30O5/c1-3-4-8-11-17-18(22)13-15-20(17,25-16(2)21)14-10-7-5-6-9-12-19(23)24/h4,8,13,15,17H,3,5-7,9-12,14H2,1-2H3,(H,23,24)/b8-4-/t17-,20-/m0/s1. The van der Waals surface area contributed by atoms with Gasteiger partial charge in [-0.2, -0.15) is 0 Å². The Morgan fingerprint density at radius 2 is 1.88 bits per heavy atom. The number of esters is 1. The van der Waals surface area contributed by atoms with E-state index in [-0.39, 0.29) is 24.1 Å². The van der Waals surface area contributed by atoms with Crippen LogP contribution in [0.25, 0.3) is 0 Å². The first kappa shape index (κ1) is 21.1. The van der Waals surface area contributed by atoms with Crippen molar-refractivity contribution in [2.45, 2.75) is 77.2 Å². The van der Waals surface area contributed by atoms with E-state index in [1.54, 1.807) is 12.2 Å². The number of allylic oxidation sites excluding steroid dienone is 3. The summed E-state index contributed by atoms with van der Waals surface area (Å²) in [5, 5.41) is 8.63. The lowest BCUT2D eigenvalue weighted by molar-refractivity contribution is -0.158. The van der Waals surface area contributed by atoms with Gasteiger partial charge in [-0.05, 0) is 44.3 Å². The molecule has 0 amide bonds. The lowest BCUT2D eigenvalue weighted by Gasteiger charge is -2.33. The first-order valence-corrected chi connectivity index (χ1v) is 9.20. The summed E-state index contributed by atoms with van der Waals surface area (Å²) in [6, 6.07) is 0. The molecule has 0 saturated carbocycles. The molecule has 0 unspecified atom stereocenters. The Morgan fingerprint density at radius 1 is 1.20 bits per heavy atom. The van der Waals surface area contributed by atoms with Gasteiger partial charge < -0.3 is 9.84 Å². The van der Waals surface area contributed by atoms with E-state index < -0.39 is 11.6 Å². The Labute approximate surface area is 150 Å². The zero-order valence-corrected chi connectivity index (χ0v) is 15.3. The summed E-state index contributed by atoms with van der Waals surface area (Å²) < 4.78 is 5.61. The highest BCUT2D eigenvalue weighted by Crippen LogP contribution is 2.38. The molecule has 0 aromatic carbocycles. The summed E-state index contributed by atoms with van der Waals surface area (Å²) in [6.45, 7) is 3.41. The van der Waals surface area contributed by atoms with E-state index in [0.29, 0.717) is 19.3 Å². The molecular weight excluding hydrogens is 320 g/mol. The predicted molar refractivity (Wildman–Crippen MR) is 96.1 cm³/mol. The third kappa shape index (κ3) is 7.24. The molecule has 1 rings (SSSR count). The van der Waals surface area contributed by atoms with E-state index >= 15 is 0 Å². The maximum Gasteiger partial charge on any atom is 0.303 e. The third-order valence-electron chi connectivity index (χ3n) is 4.53. The molecule has 0 bridgehead atoms. The first-order valence-electron chi connectivity index (χ1n) is 9.20. The molecule has 0 radical (unpaired) electrons. The van der Waals surface area contributed by atoms with Crippen molar-refractivity contribution in [2.24, 2.45) is 5.92 Å². The summed E-state index contributed by atoms with van der Waals surface area (Å²) in [6.07, 6.45) is 13.9. The second-order valence-corrected chi connectivity index (χ2v) is 6.61. The minimum atomic E-state index is -0.831.